The van der Waals surface area contributed by atoms with Crippen LogP contribution in [0.1, 0.15) is 50.4 Å². The lowest BCUT2D eigenvalue weighted by Gasteiger charge is -2.35. The summed E-state index contributed by atoms with van der Waals surface area (Å²) in [5.41, 5.74) is 1.08. The van der Waals surface area contributed by atoms with E-state index in [1.807, 2.05) is 13.8 Å². The molecule has 0 unspecified atom stereocenters. The van der Waals surface area contributed by atoms with Gasteiger partial charge in [-0.25, -0.2) is 17.5 Å². The van der Waals surface area contributed by atoms with Crippen LogP contribution in [0.5, 0.6) is 17.2 Å². The number of nitrogens with one attached hydrogen (secondary N) is 2. The Bertz CT molecular complexity index is 1450. The van der Waals surface area contributed by atoms with Crippen LogP contribution in [0.3, 0.4) is 0 Å². The first-order chi connectivity index (χ1) is 21.3. The largest absolute Gasteiger partial charge is 0.490 e. The Morgan fingerprint density at radius 1 is 1.07 bits per heavy atom. The molecule has 2 heterocycles. The summed E-state index contributed by atoms with van der Waals surface area (Å²) < 4.78 is 48.7. The van der Waals surface area contributed by atoms with Gasteiger partial charge < -0.3 is 39.6 Å². The van der Waals surface area contributed by atoms with E-state index in [9.17, 15) is 23.1 Å². The molecular weight excluding hydrogens is 604 g/mol. The number of nitrogens with zero attached hydrogens (tertiary/aromatic N) is 2. The van der Waals surface area contributed by atoms with Gasteiger partial charge >= 0.3 is 6.03 Å². The zero-order valence-corrected chi connectivity index (χ0v) is 27.3. The van der Waals surface area contributed by atoms with E-state index in [2.05, 4.69) is 10.6 Å². The van der Waals surface area contributed by atoms with Crippen molar-refractivity contribution >= 4 is 33.3 Å². The van der Waals surface area contributed by atoms with Crippen LogP contribution < -0.4 is 24.8 Å². The molecule has 3 amide bonds. The van der Waals surface area contributed by atoms with Gasteiger partial charge in [-0.2, -0.15) is 0 Å². The van der Waals surface area contributed by atoms with Gasteiger partial charge in [-0.3, -0.25) is 4.79 Å². The van der Waals surface area contributed by atoms with Crippen LogP contribution in [0.2, 0.25) is 0 Å². The molecule has 0 aliphatic carbocycles. The maximum absolute atomic E-state index is 14.2. The Labute approximate surface area is 264 Å². The number of fused-ring (bicyclic) bond motifs is 2. The van der Waals surface area contributed by atoms with E-state index >= 15 is 0 Å². The summed E-state index contributed by atoms with van der Waals surface area (Å²) in [7, 11) is -1.95. The Morgan fingerprint density at radius 2 is 1.73 bits per heavy atom. The monoisotopic (exact) mass is 648 g/mol. The van der Waals surface area contributed by atoms with Gasteiger partial charge in [0.2, 0.25) is 16.8 Å². The number of carbonyl (C=O) groups excluding carboxylic acids is 2. The average molecular weight is 649 g/mol. The predicted octanol–water partition coefficient (Wildman–Crippen LogP) is 3.75. The fourth-order valence-corrected chi connectivity index (χ4v) is 5.54. The maximum Gasteiger partial charge on any atom is 0.323 e. The van der Waals surface area contributed by atoms with Crippen LogP contribution in [0.4, 0.5) is 16.2 Å². The highest BCUT2D eigenvalue weighted by atomic mass is 32.2. The Morgan fingerprint density at radius 3 is 2.42 bits per heavy atom. The molecular formula is C31H44N4O9S. The van der Waals surface area contributed by atoms with Crippen molar-refractivity contribution in [3.8, 4) is 17.2 Å². The first-order valence-electron chi connectivity index (χ1n) is 15.1. The molecule has 0 fully saturated rings. The SMILES string of the molecule is C[C@@H]1CCCCO[C@H](CN(C)S(C)(=O)=O)[C@H](C)CN([C@@H](C)CO)C(=O)c2cc(NC(=O)Nc3ccc4c(c3)OCO4)ccc2O1. The van der Waals surface area contributed by atoms with Crippen molar-refractivity contribution in [2.24, 2.45) is 5.92 Å². The van der Waals surface area contributed by atoms with Crippen molar-refractivity contribution < 1.29 is 42.1 Å². The molecule has 0 saturated heterocycles. The number of amides is 3. The molecule has 0 bridgehead atoms. The van der Waals surface area contributed by atoms with Crippen LogP contribution >= 0.6 is 0 Å². The molecule has 0 radical (unpaired) electrons. The lowest BCUT2D eigenvalue weighted by atomic mass is 10.0. The molecule has 2 aromatic rings. The lowest BCUT2D eigenvalue weighted by molar-refractivity contribution is -0.00828. The van der Waals surface area contributed by atoms with Gasteiger partial charge in [-0.15, -0.1) is 0 Å². The maximum atomic E-state index is 14.2. The number of anilines is 2. The summed E-state index contributed by atoms with van der Waals surface area (Å²) >= 11 is 0. The lowest BCUT2D eigenvalue weighted by Crippen LogP contribution is -2.47. The normalized spacial score (nSPS) is 21.8. The van der Waals surface area contributed by atoms with Crippen molar-refractivity contribution in [3.05, 3.63) is 42.0 Å². The van der Waals surface area contributed by atoms with Crippen molar-refractivity contribution in [2.75, 3.05) is 57.0 Å². The summed E-state index contributed by atoms with van der Waals surface area (Å²) in [5.74, 6) is 0.790. The van der Waals surface area contributed by atoms with Gasteiger partial charge in [0.1, 0.15) is 5.75 Å². The second-order valence-corrected chi connectivity index (χ2v) is 13.8. The third-order valence-corrected chi connectivity index (χ3v) is 9.22. The van der Waals surface area contributed by atoms with E-state index in [0.717, 1.165) is 19.1 Å². The third kappa shape index (κ3) is 9.22. The van der Waals surface area contributed by atoms with Gasteiger partial charge in [-0.05, 0) is 63.4 Å². The molecule has 2 aliphatic rings. The number of aliphatic hydroxyl groups is 1. The zero-order chi connectivity index (χ0) is 32.7. The molecule has 3 N–H and O–H groups in total. The summed E-state index contributed by atoms with van der Waals surface area (Å²) in [6, 6.07) is 8.83. The molecule has 13 nitrogen and oxygen atoms in total. The van der Waals surface area contributed by atoms with E-state index in [1.54, 1.807) is 43.3 Å². The standard InChI is InChI=1S/C31H44N4O9S/c1-20-16-35(21(2)18-36)30(37)25-14-23(32-31(38)33-24-10-12-27-28(15-24)43-19-42-27)9-11-26(25)44-22(3)8-6-7-13-41-29(20)17-34(4)45(5,39)40/h9-12,14-15,20-22,29,36H,6-8,13,16-19H2,1-5H3,(H2,32,33,38)/t20-,21+,22-,29-/m1/s1. The number of carbonyl (C=O) groups is 2. The van der Waals surface area contributed by atoms with E-state index in [1.165, 1.54) is 16.3 Å². The smallest absolute Gasteiger partial charge is 0.323 e. The van der Waals surface area contributed by atoms with Gasteiger partial charge in [-0.1, -0.05) is 6.92 Å². The quantitative estimate of drug-likeness (QED) is 0.407. The zero-order valence-electron chi connectivity index (χ0n) is 26.4. The molecule has 45 heavy (non-hydrogen) atoms. The topological polar surface area (TPSA) is 156 Å². The number of benzene rings is 2. The fourth-order valence-electron chi connectivity index (χ4n) is 5.12. The molecule has 248 valence electrons. The number of rotatable bonds is 7. The summed E-state index contributed by atoms with van der Waals surface area (Å²) in [6.45, 7) is 6.11. The highest BCUT2D eigenvalue weighted by Crippen LogP contribution is 2.34. The third-order valence-electron chi connectivity index (χ3n) is 7.94. The second kappa shape index (κ2) is 15.1. The van der Waals surface area contributed by atoms with Crippen molar-refractivity contribution in [3.63, 3.8) is 0 Å². The molecule has 0 spiro atoms. The van der Waals surface area contributed by atoms with Crippen molar-refractivity contribution in [2.45, 2.75) is 58.3 Å². The van der Waals surface area contributed by atoms with Crippen LogP contribution in [-0.2, 0) is 14.8 Å². The predicted molar refractivity (Wildman–Crippen MR) is 170 cm³/mol. The number of urea groups is 1. The van der Waals surface area contributed by atoms with Gasteiger partial charge in [0.15, 0.2) is 11.5 Å². The molecule has 4 atom stereocenters. The molecule has 0 aromatic heterocycles. The summed E-state index contributed by atoms with van der Waals surface area (Å²) in [6.07, 6.45) is 2.69. The minimum absolute atomic E-state index is 0.116. The number of aliphatic hydroxyl groups excluding tert-OH is 1. The number of hydrogen-bond acceptors (Lipinski definition) is 9. The van der Waals surface area contributed by atoms with Crippen molar-refractivity contribution in [1.29, 1.82) is 0 Å². The number of ether oxygens (including phenoxy) is 4. The van der Waals surface area contributed by atoms with Crippen LogP contribution in [0.15, 0.2) is 36.4 Å². The molecule has 2 aliphatic heterocycles. The average Bonchev–Trinajstić information content (AvgIpc) is 3.46. The minimum Gasteiger partial charge on any atom is -0.490 e. The highest BCUT2D eigenvalue weighted by Gasteiger charge is 2.31. The number of sulfonamides is 1. The second-order valence-electron chi connectivity index (χ2n) is 11.7. The fraction of sp³-hybridized carbons (Fsp3) is 0.548. The van der Waals surface area contributed by atoms with Gasteiger partial charge in [0.05, 0.1) is 36.7 Å². The van der Waals surface area contributed by atoms with Crippen LogP contribution in [0, 0.1) is 5.92 Å². The Hall–Kier alpha value is -3.59. The molecule has 2 aromatic carbocycles. The van der Waals surface area contributed by atoms with E-state index in [4.69, 9.17) is 18.9 Å². The molecule has 0 saturated carbocycles. The van der Waals surface area contributed by atoms with Gasteiger partial charge in [0.25, 0.3) is 5.91 Å². The first-order valence-corrected chi connectivity index (χ1v) is 16.9. The van der Waals surface area contributed by atoms with Gasteiger partial charge in [0, 0.05) is 50.1 Å². The number of likely N-dealkylation sites (N-methyl/N-ethyl adjacent to an activating group) is 1. The number of hydrogen-bond donors (Lipinski definition) is 3. The van der Waals surface area contributed by atoms with E-state index in [-0.39, 0.29) is 44.1 Å². The summed E-state index contributed by atoms with van der Waals surface area (Å²) in [4.78, 5) is 28.7. The van der Waals surface area contributed by atoms with E-state index in [0.29, 0.717) is 41.7 Å². The Balaban J connectivity index is 1.61. The van der Waals surface area contributed by atoms with E-state index < -0.39 is 34.1 Å². The molecule has 4 rings (SSSR count). The summed E-state index contributed by atoms with van der Waals surface area (Å²) in [5, 5.41) is 15.6. The van der Waals surface area contributed by atoms with Crippen LogP contribution in [-0.4, -0.2) is 99.3 Å². The Kier molecular flexibility index (Phi) is 11.5. The van der Waals surface area contributed by atoms with Crippen molar-refractivity contribution in [1.82, 2.24) is 9.21 Å². The minimum atomic E-state index is -3.45. The first kappa shape index (κ1) is 34.3. The highest BCUT2D eigenvalue weighted by molar-refractivity contribution is 7.88. The van der Waals surface area contributed by atoms with Crippen LogP contribution in [0.25, 0.3) is 0 Å². The molecule has 14 heteroatoms.